The van der Waals surface area contributed by atoms with E-state index in [9.17, 15) is 9.59 Å². The molecule has 0 aliphatic carbocycles. The summed E-state index contributed by atoms with van der Waals surface area (Å²) in [6.45, 7) is 3.50. The minimum absolute atomic E-state index is 0.0614. The Morgan fingerprint density at radius 1 is 1.18 bits per heavy atom. The van der Waals surface area contributed by atoms with E-state index in [0.29, 0.717) is 17.3 Å². The number of halogens is 1. The Kier molecular flexibility index (Phi) is 5.80. The molecule has 6 nitrogen and oxygen atoms in total. The fourth-order valence-corrected chi connectivity index (χ4v) is 3.23. The molecule has 0 amide bonds. The van der Waals surface area contributed by atoms with Gasteiger partial charge in [0.2, 0.25) is 0 Å². The van der Waals surface area contributed by atoms with E-state index in [1.165, 1.54) is 13.0 Å². The maximum Gasteiger partial charge on any atom is 0.357 e. The average molecular weight is 398 g/mol. The van der Waals surface area contributed by atoms with Gasteiger partial charge in [0.15, 0.2) is 5.69 Å². The predicted octanol–water partition coefficient (Wildman–Crippen LogP) is 4.08. The van der Waals surface area contributed by atoms with E-state index < -0.39 is 5.97 Å². The summed E-state index contributed by atoms with van der Waals surface area (Å²) in [5.41, 5.74) is 9.43. The quantitative estimate of drug-likeness (QED) is 0.633. The average Bonchev–Trinajstić information content (AvgIpc) is 2.95. The molecule has 3 rings (SSSR count). The van der Waals surface area contributed by atoms with Crippen LogP contribution in [0.4, 0.5) is 5.69 Å². The van der Waals surface area contributed by atoms with Gasteiger partial charge in [0, 0.05) is 23.4 Å². The Hall–Kier alpha value is -3.12. The highest BCUT2D eigenvalue weighted by atomic mass is 35.5. The van der Waals surface area contributed by atoms with Crippen molar-refractivity contribution >= 4 is 29.0 Å². The Balaban J connectivity index is 1.96. The summed E-state index contributed by atoms with van der Waals surface area (Å²) < 4.78 is 6.64. The van der Waals surface area contributed by atoms with Gasteiger partial charge in [0.05, 0.1) is 18.0 Å². The van der Waals surface area contributed by atoms with Crippen molar-refractivity contribution < 1.29 is 14.3 Å². The number of nitrogen functional groups attached to an aromatic ring is 1. The van der Waals surface area contributed by atoms with Crippen LogP contribution in [0.3, 0.4) is 0 Å². The molecule has 2 heterocycles. The van der Waals surface area contributed by atoms with Crippen molar-refractivity contribution in [1.29, 1.82) is 0 Å². The minimum atomic E-state index is -0.533. The normalized spacial score (nSPS) is 10.7. The van der Waals surface area contributed by atoms with E-state index >= 15 is 0 Å². The lowest BCUT2D eigenvalue weighted by Gasteiger charge is -2.11. The van der Waals surface area contributed by atoms with Crippen LogP contribution in [-0.4, -0.2) is 27.9 Å². The third-order valence-corrected chi connectivity index (χ3v) is 4.39. The van der Waals surface area contributed by atoms with Crippen molar-refractivity contribution in [1.82, 2.24) is 9.55 Å². The first-order chi connectivity index (χ1) is 13.4. The number of carbonyl (C=O) groups excluding carboxylic acids is 2. The van der Waals surface area contributed by atoms with Gasteiger partial charge in [0.25, 0.3) is 0 Å². The topological polar surface area (TPSA) is 87.2 Å². The molecule has 0 bridgehead atoms. The van der Waals surface area contributed by atoms with E-state index in [1.807, 2.05) is 42.5 Å². The fraction of sp³-hybridized carbons (Fsp3) is 0.190. The van der Waals surface area contributed by atoms with Crippen LogP contribution in [0.15, 0.2) is 48.5 Å². The number of anilines is 1. The lowest BCUT2D eigenvalue weighted by atomic mass is 10.1. The summed E-state index contributed by atoms with van der Waals surface area (Å²) in [6, 6.07) is 14.5. The summed E-state index contributed by atoms with van der Waals surface area (Å²) >= 11 is 6.29. The number of Topliss-reactive ketones (excluding diaryl/α,β-unsaturated/α-hetero) is 1. The number of pyridine rings is 1. The number of carbonyl (C=O) groups is 2. The molecule has 0 unspecified atom stereocenters. The Bertz CT molecular complexity index is 1030. The molecule has 0 saturated carbocycles. The number of hydrogen-bond donors (Lipinski definition) is 1. The van der Waals surface area contributed by atoms with Gasteiger partial charge in [-0.2, -0.15) is 0 Å². The predicted molar refractivity (Wildman–Crippen MR) is 109 cm³/mol. The highest BCUT2D eigenvalue weighted by molar-refractivity contribution is 6.30. The SMILES string of the molecule is CCOC(=O)c1c(N)cc(Cl)n1-c1ccc(-c2cccc(CC(C)=O)n2)cc1. The molecule has 0 saturated heterocycles. The number of aromatic nitrogens is 2. The molecule has 0 aliphatic rings. The fourth-order valence-electron chi connectivity index (χ4n) is 2.93. The number of nitrogens with two attached hydrogens (primary N) is 1. The molecule has 7 heteroatoms. The van der Waals surface area contributed by atoms with Crippen LogP contribution in [0, 0.1) is 0 Å². The highest BCUT2D eigenvalue weighted by Crippen LogP contribution is 2.29. The molecule has 2 aromatic heterocycles. The van der Waals surface area contributed by atoms with Crippen LogP contribution >= 0.6 is 11.6 Å². The third kappa shape index (κ3) is 4.07. The zero-order valence-corrected chi connectivity index (χ0v) is 16.4. The van der Waals surface area contributed by atoms with Crippen molar-refractivity contribution in [2.45, 2.75) is 20.3 Å². The smallest absolute Gasteiger partial charge is 0.357 e. The molecule has 28 heavy (non-hydrogen) atoms. The van der Waals surface area contributed by atoms with Gasteiger partial charge in [-0.3, -0.25) is 14.3 Å². The first kappa shape index (κ1) is 19.6. The lowest BCUT2D eigenvalue weighted by Crippen LogP contribution is -2.13. The third-order valence-electron chi connectivity index (χ3n) is 4.11. The number of hydrogen-bond acceptors (Lipinski definition) is 5. The molecule has 3 aromatic rings. The van der Waals surface area contributed by atoms with Gasteiger partial charge < -0.3 is 10.5 Å². The van der Waals surface area contributed by atoms with Gasteiger partial charge in [-0.15, -0.1) is 0 Å². The number of ether oxygens (including phenoxy) is 1. The van der Waals surface area contributed by atoms with Crippen molar-refractivity contribution in [2.24, 2.45) is 0 Å². The van der Waals surface area contributed by atoms with E-state index in [4.69, 9.17) is 22.1 Å². The Labute approximate surface area is 167 Å². The molecule has 144 valence electrons. The first-order valence-electron chi connectivity index (χ1n) is 8.80. The van der Waals surface area contributed by atoms with Gasteiger partial charge >= 0.3 is 5.97 Å². The summed E-state index contributed by atoms with van der Waals surface area (Å²) in [5, 5.41) is 0.315. The van der Waals surface area contributed by atoms with Crippen LogP contribution in [-0.2, 0) is 16.0 Å². The minimum Gasteiger partial charge on any atom is -0.461 e. The standard InChI is InChI=1S/C21H20ClN3O3/c1-3-28-21(27)20-17(23)12-19(22)25(20)16-9-7-14(8-10-16)18-6-4-5-15(24-18)11-13(2)26/h4-10,12H,3,11,23H2,1-2H3. The van der Waals surface area contributed by atoms with Crippen molar-refractivity contribution in [3.63, 3.8) is 0 Å². The molecule has 1 aromatic carbocycles. The van der Waals surface area contributed by atoms with Gasteiger partial charge in [-0.25, -0.2) is 4.79 Å². The van der Waals surface area contributed by atoms with E-state index in [-0.39, 0.29) is 23.8 Å². The number of esters is 1. The van der Waals surface area contributed by atoms with Crippen LogP contribution in [0.2, 0.25) is 5.15 Å². The summed E-state index contributed by atoms with van der Waals surface area (Å²) in [5.74, 6) is -0.471. The zero-order chi connectivity index (χ0) is 20.3. The van der Waals surface area contributed by atoms with E-state index in [0.717, 1.165) is 17.0 Å². The number of ketones is 1. The molecule has 0 radical (unpaired) electrons. The van der Waals surface area contributed by atoms with Crippen LogP contribution < -0.4 is 5.73 Å². The number of benzene rings is 1. The monoisotopic (exact) mass is 397 g/mol. The van der Waals surface area contributed by atoms with E-state index in [2.05, 4.69) is 4.98 Å². The van der Waals surface area contributed by atoms with Crippen molar-refractivity contribution in [2.75, 3.05) is 12.3 Å². The molecular weight excluding hydrogens is 378 g/mol. The molecule has 0 spiro atoms. The number of rotatable bonds is 6. The van der Waals surface area contributed by atoms with Crippen molar-refractivity contribution in [3.05, 3.63) is 65.1 Å². The molecule has 0 fully saturated rings. The molecule has 2 N–H and O–H groups in total. The van der Waals surface area contributed by atoms with Gasteiger partial charge in [-0.05, 0) is 44.2 Å². The maximum absolute atomic E-state index is 12.3. The Morgan fingerprint density at radius 2 is 1.89 bits per heavy atom. The molecule has 0 aliphatic heterocycles. The summed E-state index contributed by atoms with van der Waals surface area (Å²) in [7, 11) is 0. The second-order valence-electron chi connectivity index (χ2n) is 6.27. The summed E-state index contributed by atoms with van der Waals surface area (Å²) in [4.78, 5) is 28.1. The largest absolute Gasteiger partial charge is 0.461 e. The molecule has 0 atom stereocenters. The molecular formula is C21H20ClN3O3. The van der Waals surface area contributed by atoms with Crippen LogP contribution in [0.5, 0.6) is 0 Å². The van der Waals surface area contributed by atoms with Crippen LogP contribution in [0.1, 0.15) is 30.0 Å². The van der Waals surface area contributed by atoms with Crippen molar-refractivity contribution in [3.8, 4) is 16.9 Å². The number of nitrogens with zero attached hydrogens (tertiary/aromatic N) is 2. The maximum atomic E-state index is 12.3. The van der Waals surface area contributed by atoms with Crippen LogP contribution in [0.25, 0.3) is 16.9 Å². The second kappa shape index (κ2) is 8.27. The first-order valence-corrected chi connectivity index (χ1v) is 9.18. The zero-order valence-electron chi connectivity index (χ0n) is 15.6. The Morgan fingerprint density at radius 3 is 2.54 bits per heavy atom. The van der Waals surface area contributed by atoms with Gasteiger partial charge in [0.1, 0.15) is 10.9 Å². The van der Waals surface area contributed by atoms with E-state index in [1.54, 1.807) is 11.5 Å². The highest BCUT2D eigenvalue weighted by Gasteiger charge is 2.21. The lowest BCUT2D eigenvalue weighted by molar-refractivity contribution is -0.116. The second-order valence-corrected chi connectivity index (χ2v) is 6.65. The summed E-state index contributed by atoms with van der Waals surface area (Å²) in [6.07, 6.45) is 0.299. The van der Waals surface area contributed by atoms with Gasteiger partial charge in [-0.1, -0.05) is 29.8 Å².